The summed E-state index contributed by atoms with van der Waals surface area (Å²) in [5.41, 5.74) is 5.56. The largest absolute Gasteiger partial charge is 0.398 e. The molecule has 0 fully saturated rings. The summed E-state index contributed by atoms with van der Waals surface area (Å²) in [6, 6.07) is 4.54. The van der Waals surface area contributed by atoms with E-state index in [1.165, 1.54) is 0 Å². The Kier molecular flexibility index (Phi) is 2.60. The molecule has 4 heteroatoms. The standard InChI is InChI=1S/C9H6F2N2/c10-7-3-6(4-8(11)5-7)9(13)1-2-12/h1,3-5H,13H2/b9-1+. The second-order valence-electron chi connectivity index (χ2n) is 2.39. The lowest BCUT2D eigenvalue weighted by atomic mass is 10.1. The van der Waals surface area contributed by atoms with Crippen LogP contribution in [0.1, 0.15) is 5.56 Å². The lowest BCUT2D eigenvalue weighted by Crippen LogP contribution is -1.97. The van der Waals surface area contributed by atoms with Crippen LogP contribution in [0.4, 0.5) is 8.78 Å². The molecule has 0 saturated heterocycles. The van der Waals surface area contributed by atoms with Gasteiger partial charge in [0.05, 0.1) is 6.07 Å². The van der Waals surface area contributed by atoms with E-state index in [2.05, 4.69) is 0 Å². The highest BCUT2D eigenvalue weighted by Crippen LogP contribution is 2.12. The molecule has 0 aliphatic rings. The summed E-state index contributed by atoms with van der Waals surface area (Å²) < 4.78 is 25.2. The molecule has 0 unspecified atom stereocenters. The Balaban J connectivity index is 3.17. The van der Waals surface area contributed by atoms with Crippen molar-refractivity contribution in [1.82, 2.24) is 0 Å². The molecule has 0 radical (unpaired) electrons. The van der Waals surface area contributed by atoms with Crippen LogP contribution in [-0.2, 0) is 0 Å². The summed E-state index contributed by atoms with van der Waals surface area (Å²) in [5, 5.41) is 8.24. The topological polar surface area (TPSA) is 49.8 Å². The number of benzene rings is 1. The number of hydrogen-bond acceptors (Lipinski definition) is 2. The van der Waals surface area contributed by atoms with Gasteiger partial charge in [0.25, 0.3) is 0 Å². The number of nitrogens with two attached hydrogens (primary N) is 1. The number of allylic oxidation sites excluding steroid dienone is 1. The Morgan fingerprint density at radius 1 is 1.31 bits per heavy atom. The molecule has 1 aromatic carbocycles. The van der Waals surface area contributed by atoms with Crippen molar-refractivity contribution in [1.29, 1.82) is 5.26 Å². The fourth-order valence-electron chi connectivity index (χ4n) is 0.873. The maximum absolute atomic E-state index is 12.6. The lowest BCUT2D eigenvalue weighted by Gasteiger charge is -1.99. The molecule has 0 heterocycles. The fraction of sp³-hybridized carbons (Fsp3) is 0. The molecule has 0 aliphatic carbocycles. The van der Waals surface area contributed by atoms with Crippen molar-refractivity contribution in [2.24, 2.45) is 5.73 Å². The summed E-state index contributed by atoms with van der Waals surface area (Å²) >= 11 is 0. The maximum Gasteiger partial charge on any atom is 0.126 e. The summed E-state index contributed by atoms with van der Waals surface area (Å²) in [7, 11) is 0. The van der Waals surface area contributed by atoms with Gasteiger partial charge in [0, 0.05) is 23.4 Å². The van der Waals surface area contributed by atoms with Crippen molar-refractivity contribution >= 4 is 5.70 Å². The number of nitrogens with zero attached hydrogens (tertiary/aromatic N) is 1. The Morgan fingerprint density at radius 2 is 1.85 bits per heavy atom. The highest BCUT2D eigenvalue weighted by molar-refractivity contribution is 5.64. The molecule has 2 N–H and O–H groups in total. The van der Waals surface area contributed by atoms with Gasteiger partial charge < -0.3 is 5.73 Å². The van der Waals surface area contributed by atoms with Crippen LogP contribution < -0.4 is 5.73 Å². The zero-order valence-electron chi connectivity index (χ0n) is 6.59. The van der Waals surface area contributed by atoms with Gasteiger partial charge >= 0.3 is 0 Å². The molecule has 0 spiro atoms. The summed E-state index contributed by atoms with van der Waals surface area (Å²) in [6.45, 7) is 0. The van der Waals surface area contributed by atoms with E-state index in [9.17, 15) is 8.78 Å². The first-order valence-electron chi connectivity index (χ1n) is 3.45. The summed E-state index contributed by atoms with van der Waals surface area (Å²) in [5.74, 6) is -1.44. The predicted octanol–water partition coefficient (Wildman–Crippen LogP) is 1.79. The first kappa shape index (κ1) is 9.20. The molecule has 13 heavy (non-hydrogen) atoms. The SMILES string of the molecule is N#C/C=C(/N)c1cc(F)cc(F)c1. The Labute approximate surface area is 73.9 Å². The third-order valence-corrected chi connectivity index (χ3v) is 1.42. The van der Waals surface area contributed by atoms with Gasteiger partial charge in [-0.05, 0) is 12.1 Å². The molecular formula is C9H6F2N2. The van der Waals surface area contributed by atoms with Gasteiger partial charge in [-0.1, -0.05) is 0 Å². The monoisotopic (exact) mass is 180 g/mol. The predicted molar refractivity (Wildman–Crippen MR) is 44.1 cm³/mol. The molecule has 1 aromatic rings. The summed E-state index contributed by atoms with van der Waals surface area (Å²) in [4.78, 5) is 0. The van der Waals surface area contributed by atoms with Gasteiger partial charge in [-0.25, -0.2) is 8.78 Å². The average Bonchev–Trinajstić information content (AvgIpc) is 2.03. The minimum Gasteiger partial charge on any atom is -0.398 e. The van der Waals surface area contributed by atoms with E-state index in [0.29, 0.717) is 0 Å². The van der Waals surface area contributed by atoms with Gasteiger partial charge in [-0.3, -0.25) is 0 Å². The van der Waals surface area contributed by atoms with Crippen LogP contribution in [0.2, 0.25) is 0 Å². The molecule has 0 amide bonds. The van der Waals surface area contributed by atoms with Crippen LogP contribution in [0.15, 0.2) is 24.3 Å². The molecule has 0 saturated carbocycles. The van der Waals surface area contributed by atoms with Crippen molar-refractivity contribution in [2.75, 3.05) is 0 Å². The Bertz CT molecular complexity index is 371. The molecule has 66 valence electrons. The van der Waals surface area contributed by atoms with Crippen LogP contribution in [-0.4, -0.2) is 0 Å². The molecule has 0 aromatic heterocycles. The first-order valence-corrected chi connectivity index (χ1v) is 3.45. The summed E-state index contributed by atoms with van der Waals surface area (Å²) in [6.07, 6.45) is 1.02. The van der Waals surface area contributed by atoms with Crippen LogP contribution in [0.25, 0.3) is 5.70 Å². The first-order chi connectivity index (χ1) is 6.13. The van der Waals surface area contributed by atoms with Gasteiger partial charge in [0.2, 0.25) is 0 Å². The molecular weight excluding hydrogens is 174 g/mol. The fourth-order valence-corrected chi connectivity index (χ4v) is 0.873. The van der Waals surface area contributed by atoms with Crippen molar-refractivity contribution in [3.8, 4) is 6.07 Å². The van der Waals surface area contributed by atoms with Crippen LogP contribution >= 0.6 is 0 Å². The third kappa shape index (κ3) is 2.27. The Hall–Kier alpha value is -1.89. The zero-order chi connectivity index (χ0) is 9.84. The third-order valence-electron chi connectivity index (χ3n) is 1.42. The second-order valence-corrected chi connectivity index (χ2v) is 2.39. The van der Waals surface area contributed by atoms with Crippen molar-refractivity contribution in [2.45, 2.75) is 0 Å². The van der Waals surface area contributed by atoms with Crippen LogP contribution in [0.3, 0.4) is 0 Å². The number of rotatable bonds is 1. The van der Waals surface area contributed by atoms with Crippen molar-refractivity contribution < 1.29 is 8.78 Å². The minimum atomic E-state index is -0.718. The zero-order valence-corrected chi connectivity index (χ0v) is 6.59. The van der Waals surface area contributed by atoms with E-state index >= 15 is 0 Å². The van der Waals surface area contributed by atoms with Gasteiger partial charge in [0.1, 0.15) is 11.6 Å². The highest BCUT2D eigenvalue weighted by atomic mass is 19.1. The van der Waals surface area contributed by atoms with E-state index in [1.807, 2.05) is 0 Å². The number of halogens is 2. The van der Waals surface area contributed by atoms with E-state index < -0.39 is 11.6 Å². The van der Waals surface area contributed by atoms with Crippen molar-refractivity contribution in [3.63, 3.8) is 0 Å². The minimum absolute atomic E-state index is 0.0425. The van der Waals surface area contributed by atoms with E-state index in [4.69, 9.17) is 11.0 Å². The highest BCUT2D eigenvalue weighted by Gasteiger charge is 2.01. The number of nitriles is 1. The van der Waals surface area contributed by atoms with Gasteiger partial charge in [-0.15, -0.1) is 0 Å². The van der Waals surface area contributed by atoms with Gasteiger partial charge in [0.15, 0.2) is 0 Å². The molecule has 2 nitrogen and oxygen atoms in total. The smallest absolute Gasteiger partial charge is 0.126 e. The second kappa shape index (κ2) is 3.68. The maximum atomic E-state index is 12.6. The van der Waals surface area contributed by atoms with E-state index in [0.717, 1.165) is 24.3 Å². The van der Waals surface area contributed by atoms with Crippen LogP contribution in [0.5, 0.6) is 0 Å². The normalized spacial score (nSPS) is 11.0. The average molecular weight is 180 g/mol. The molecule has 1 rings (SSSR count). The quantitative estimate of drug-likeness (QED) is 0.670. The van der Waals surface area contributed by atoms with E-state index in [1.54, 1.807) is 6.07 Å². The number of hydrogen-bond donors (Lipinski definition) is 1. The molecule has 0 bridgehead atoms. The Morgan fingerprint density at radius 3 is 2.31 bits per heavy atom. The van der Waals surface area contributed by atoms with Crippen molar-refractivity contribution in [3.05, 3.63) is 41.5 Å². The molecule has 0 atom stereocenters. The van der Waals surface area contributed by atoms with E-state index in [-0.39, 0.29) is 11.3 Å². The van der Waals surface area contributed by atoms with Gasteiger partial charge in [-0.2, -0.15) is 5.26 Å². The van der Waals surface area contributed by atoms with Crippen LogP contribution in [0, 0.1) is 23.0 Å². The lowest BCUT2D eigenvalue weighted by molar-refractivity contribution is 0.582. The molecule has 0 aliphatic heterocycles.